The molecule has 0 radical (unpaired) electrons. The molecule has 0 aromatic rings. The van der Waals surface area contributed by atoms with Crippen molar-refractivity contribution in [2.75, 3.05) is 19.8 Å². The third kappa shape index (κ3) is 25.2. The van der Waals surface area contributed by atoms with Gasteiger partial charge in [-0.1, -0.05) is 152 Å². The third-order valence-corrected chi connectivity index (χ3v) is 12.2. The number of ether oxygens (including phenoxy) is 4. The van der Waals surface area contributed by atoms with Crippen molar-refractivity contribution < 1.29 is 64.6 Å². The Balaban J connectivity index is 1.87. The molecule has 2 rings (SSSR count). The second kappa shape index (κ2) is 37.9. The van der Waals surface area contributed by atoms with Crippen molar-refractivity contribution in [3.63, 3.8) is 0 Å². The van der Waals surface area contributed by atoms with E-state index in [0.29, 0.717) is 12.8 Å². The first-order valence-electron chi connectivity index (χ1n) is 25.4. The highest BCUT2D eigenvalue weighted by Crippen LogP contribution is 2.30. The first kappa shape index (κ1) is 59.1. The molecule has 65 heavy (non-hydrogen) atoms. The van der Waals surface area contributed by atoms with E-state index in [9.17, 15) is 45.6 Å². The predicted molar refractivity (Wildman–Crippen MR) is 254 cm³/mol. The molecular formula is C51H91NO13. The first-order valence-corrected chi connectivity index (χ1v) is 25.4. The van der Waals surface area contributed by atoms with Crippen molar-refractivity contribution in [2.45, 2.75) is 248 Å². The van der Waals surface area contributed by atoms with Gasteiger partial charge < -0.3 is 65.1 Å². The molecule has 12 atom stereocenters. The summed E-state index contributed by atoms with van der Waals surface area (Å²) in [6, 6.07) is -0.940. The molecule has 1 amide bonds. The van der Waals surface area contributed by atoms with Crippen LogP contribution in [0.4, 0.5) is 0 Å². The summed E-state index contributed by atoms with van der Waals surface area (Å²) in [6.45, 7) is 2.69. The molecule has 0 bridgehead atoms. The zero-order valence-corrected chi connectivity index (χ0v) is 40.0. The number of aliphatic hydroxyl groups excluding tert-OH is 8. The van der Waals surface area contributed by atoms with E-state index in [1.165, 1.54) is 77.0 Å². The van der Waals surface area contributed by atoms with Gasteiger partial charge in [0.05, 0.1) is 32.0 Å². The van der Waals surface area contributed by atoms with Crippen molar-refractivity contribution >= 4 is 5.91 Å². The third-order valence-electron chi connectivity index (χ3n) is 12.2. The van der Waals surface area contributed by atoms with Gasteiger partial charge in [0, 0.05) is 6.42 Å². The highest BCUT2D eigenvalue weighted by Gasteiger charge is 2.51. The van der Waals surface area contributed by atoms with Crippen LogP contribution in [0.2, 0.25) is 0 Å². The Morgan fingerprint density at radius 2 is 1.00 bits per heavy atom. The molecule has 12 unspecified atom stereocenters. The van der Waals surface area contributed by atoms with E-state index in [4.69, 9.17) is 18.9 Å². The van der Waals surface area contributed by atoms with E-state index in [0.717, 1.165) is 64.2 Å². The topological polar surface area (TPSA) is 228 Å². The summed E-state index contributed by atoms with van der Waals surface area (Å²) in [5.74, 6) is -0.267. The summed E-state index contributed by atoms with van der Waals surface area (Å²) in [5, 5.41) is 86.6. The second-order valence-electron chi connectivity index (χ2n) is 17.9. The van der Waals surface area contributed by atoms with E-state index < -0.39 is 86.8 Å². The second-order valence-corrected chi connectivity index (χ2v) is 17.9. The molecule has 0 aliphatic carbocycles. The first-order chi connectivity index (χ1) is 31.6. The van der Waals surface area contributed by atoms with E-state index >= 15 is 0 Å². The van der Waals surface area contributed by atoms with E-state index in [1.54, 1.807) is 6.08 Å². The molecule has 0 aromatic carbocycles. The highest BCUT2D eigenvalue weighted by molar-refractivity contribution is 5.76. The molecule has 14 heteroatoms. The number of hydrogen-bond donors (Lipinski definition) is 9. The largest absolute Gasteiger partial charge is 0.394 e. The number of carbonyl (C=O) groups excluding carboxylic acids is 1. The fourth-order valence-electron chi connectivity index (χ4n) is 8.01. The Bertz CT molecular complexity index is 1280. The number of carbonyl (C=O) groups is 1. The number of rotatable bonds is 38. The fraction of sp³-hybridized carbons (Fsp3) is 0.824. The van der Waals surface area contributed by atoms with Crippen LogP contribution in [0, 0.1) is 0 Å². The average molecular weight is 926 g/mol. The van der Waals surface area contributed by atoms with Crippen molar-refractivity contribution in [1.82, 2.24) is 5.32 Å². The van der Waals surface area contributed by atoms with Crippen LogP contribution in [0.25, 0.3) is 0 Å². The summed E-state index contributed by atoms with van der Waals surface area (Å²) in [7, 11) is 0. The van der Waals surface area contributed by atoms with Gasteiger partial charge in [-0.05, 0) is 64.2 Å². The smallest absolute Gasteiger partial charge is 0.220 e. The standard InChI is InChI=1S/C51H91NO13/c1-3-5-7-9-11-13-15-16-17-18-19-20-21-22-23-25-26-28-30-32-34-40(55)39(52-43(56)35-33-31-29-27-24-14-12-10-8-6-4-2)38-62-50-48(61)46(59)49(42(37-54)64-50)65-51-47(60)45(58)44(57)41(36-53)63-51/h10,12,20-21,25-26,32,34,39-42,44-51,53-55,57-61H,3-9,11,13-19,22-24,27-31,33,35-38H2,1-2H3,(H,52,56)/b12-10-,21-20+,26-25+,34-32+. The number of aliphatic hydroxyl groups is 8. The molecule has 0 aromatic heterocycles. The molecule has 2 aliphatic rings. The van der Waals surface area contributed by atoms with E-state index in [-0.39, 0.29) is 18.9 Å². The van der Waals surface area contributed by atoms with Gasteiger partial charge >= 0.3 is 0 Å². The summed E-state index contributed by atoms with van der Waals surface area (Å²) in [4.78, 5) is 13.1. The Morgan fingerprint density at radius 1 is 0.538 bits per heavy atom. The van der Waals surface area contributed by atoms with Crippen molar-refractivity contribution in [2.24, 2.45) is 0 Å². The molecule has 2 fully saturated rings. The number of hydrogen-bond acceptors (Lipinski definition) is 13. The van der Waals surface area contributed by atoms with Crippen molar-refractivity contribution in [3.8, 4) is 0 Å². The molecule has 2 aliphatic heterocycles. The normalized spacial score (nSPS) is 27.4. The average Bonchev–Trinajstić information content (AvgIpc) is 3.30. The van der Waals surface area contributed by atoms with Gasteiger partial charge in [-0.3, -0.25) is 4.79 Å². The zero-order valence-electron chi connectivity index (χ0n) is 40.0. The van der Waals surface area contributed by atoms with Crippen LogP contribution < -0.4 is 5.32 Å². The van der Waals surface area contributed by atoms with Gasteiger partial charge in [-0.25, -0.2) is 0 Å². The summed E-state index contributed by atoms with van der Waals surface area (Å²) in [5.41, 5.74) is 0. The fourth-order valence-corrected chi connectivity index (χ4v) is 8.01. The van der Waals surface area contributed by atoms with E-state index in [2.05, 4.69) is 55.6 Å². The van der Waals surface area contributed by atoms with Crippen LogP contribution in [0.3, 0.4) is 0 Å². The SMILES string of the molecule is CCCC/C=C\CCCCCCCC(=O)NC(COC1OC(CO)C(OC2OC(CO)C(O)C(O)C2O)C(O)C1O)C(O)/C=C/CC/C=C/CC/C=C/CCCCCCCCCCCC. The van der Waals surface area contributed by atoms with Gasteiger partial charge in [0.2, 0.25) is 5.91 Å². The van der Waals surface area contributed by atoms with Crippen LogP contribution >= 0.6 is 0 Å². The minimum Gasteiger partial charge on any atom is -0.394 e. The minimum absolute atomic E-state index is 0.258. The van der Waals surface area contributed by atoms with Crippen molar-refractivity contribution in [3.05, 3.63) is 48.6 Å². The van der Waals surface area contributed by atoms with Crippen LogP contribution in [0.5, 0.6) is 0 Å². The van der Waals surface area contributed by atoms with Gasteiger partial charge in [0.1, 0.15) is 48.8 Å². The number of amides is 1. The molecule has 2 heterocycles. The number of nitrogens with one attached hydrogen (secondary N) is 1. The summed E-state index contributed by atoms with van der Waals surface area (Å²) < 4.78 is 22.6. The molecule has 14 nitrogen and oxygen atoms in total. The quantitative estimate of drug-likeness (QED) is 0.0239. The minimum atomic E-state index is -1.79. The maximum absolute atomic E-state index is 13.1. The molecular weight excluding hydrogens is 835 g/mol. The molecule has 9 N–H and O–H groups in total. The Kier molecular flexibility index (Phi) is 34.4. The van der Waals surface area contributed by atoms with Gasteiger partial charge in [0.25, 0.3) is 0 Å². The lowest BCUT2D eigenvalue weighted by atomic mass is 9.97. The van der Waals surface area contributed by atoms with Gasteiger partial charge in [-0.15, -0.1) is 0 Å². The molecule has 0 spiro atoms. The lowest BCUT2D eigenvalue weighted by Crippen LogP contribution is -2.65. The Morgan fingerprint density at radius 3 is 1.55 bits per heavy atom. The zero-order chi connectivity index (χ0) is 47.5. The van der Waals surface area contributed by atoms with E-state index in [1.807, 2.05) is 6.08 Å². The van der Waals surface area contributed by atoms with Crippen LogP contribution in [0.1, 0.15) is 174 Å². The lowest BCUT2D eigenvalue weighted by Gasteiger charge is -2.46. The Hall–Kier alpha value is -2.05. The Labute approximate surface area is 391 Å². The van der Waals surface area contributed by atoms with Crippen molar-refractivity contribution in [1.29, 1.82) is 0 Å². The number of allylic oxidation sites excluding steroid dienone is 7. The molecule has 2 saturated heterocycles. The van der Waals surface area contributed by atoms with Crippen LogP contribution in [-0.2, 0) is 23.7 Å². The van der Waals surface area contributed by atoms with Crippen LogP contribution in [-0.4, -0.2) is 140 Å². The maximum atomic E-state index is 13.1. The van der Waals surface area contributed by atoms with Gasteiger partial charge in [0.15, 0.2) is 12.6 Å². The van der Waals surface area contributed by atoms with Crippen LogP contribution in [0.15, 0.2) is 48.6 Å². The molecule has 0 saturated carbocycles. The maximum Gasteiger partial charge on any atom is 0.220 e. The summed E-state index contributed by atoms with van der Waals surface area (Å²) in [6.07, 6.45) is 27.3. The summed E-state index contributed by atoms with van der Waals surface area (Å²) >= 11 is 0. The lowest BCUT2D eigenvalue weighted by molar-refractivity contribution is -0.359. The number of unbranched alkanes of at least 4 members (excludes halogenated alkanes) is 19. The predicted octanol–water partition coefficient (Wildman–Crippen LogP) is 6.49. The van der Waals surface area contributed by atoms with Gasteiger partial charge in [-0.2, -0.15) is 0 Å². The molecule has 378 valence electrons. The monoisotopic (exact) mass is 926 g/mol. The highest BCUT2D eigenvalue weighted by atomic mass is 16.7.